The molecule has 0 fully saturated rings. The van der Waals surface area contributed by atoms with Gasteiger partial charge in [0.25, 0.3) is 15.9 Å². The minimum absolute atomic E-state index is 0.0119. The Bertz CT molecular complexity index is 1230. The standard InChI is InChI=1S/C20H18FN5O3S2/c1-12-11-13(2)23-19(22-12)26-31(28,29)15-9-7-14(8-10-15)24-20(30)25-18(27)16-5-3-4-6-17(16)21/h3-11H,1-2H3,(H,22,23,26)(H2,24,25,27,30). The number of halogens is 1. The molecule has 3 N–H and O–H groups in total. The predicted molar refractivity (Wildman–Crippen MR) is 119 cm³/mol. The number of amides is 1. The molecule has 1 heterocycles. The number of hydrogen-bond acceptors (Lipinski definition) is 6. The van der Waals surface area contributed by atoms with Crippen molar-refractivity contribution in [3.05, 3.63) is 77.4 Å². The fourth-order valence-electron chi connectivity index (χ4n) is 2.65. The van der Waals surface area contributed by atoms with Gasteiger partial charge in [-0.15, -0.1) is 0 Å². The van der Waals surface area contributed by atoms with Crippen LogP contribution in [0.2, 0.25) is 0 Å². The van der Waals surface area contributed by atoms with E-state index in [1.165, 1.54) is 48.5 Å². The molecule has 3 rings (SSSR count). The summed E-state index contributed by atoms with van der Waals surface area (Å²) in [5, 5.41) is 5.05. The number of nitrogens with one attached hydrogen (secondary N) is 3. The van der Waals surface area contributed by atoms with E-state index in [4.69, 9.17) is 12.2 Å². The predicted octanol–water partition coefficient (Wildman–Crippen LogP) is 3.16. The van der Waals surface area contributed by atoms with Gasteiger partial charge in [0, 0.05) is 17.1 Å². The van der Waals surface area contributed by atoms with Crippen LogP contribution in [0, 0.1) is 19.7 Å². The highest BCUT2D eigenvalue weighted by molar-refractivity contribution is 7.92. The molecule has 0 atom stereocenters. The van der Waals surface area contributed by atoms with Gasteiger partial charge in [0.2, 0.25) is 5.95 Å². The maximum absolute atomic E-state index is 13.7. The lowest BCUT2D eigenvalue weighted by atomic mass is 10.2. The fourth-order valence-corrected chi connectivity index (χ4v) is 3.80. The van der Waals surface area contributed by atoms with Crippen molar-refractivity contribution in [3.63, 3.8) is 0 Å². The minimum atomic E-state index is -3.90. The third kappa shape index (κ3) is 5.80. The summed E-state index contributed by atoms with van der Waals surface area (Å²) in [6, 6.07) is 12.9. The van der Waals surface area contributed by atoms with Gasteiger partial charge in [-0.25, -0.2) is 27.5 Å². The molecule has 0 aliphatic carbocycles. The molecule has 1 aromatic heterocycles. The Labute approximate surface area is 184 Å². The molecule has 0 aliphatic heterocycles. The van der Waals surface area contributed by atoms with Crippen LogP contribution in [0.15, 0.2) is 59.5 Å². The van der Waals surface area contributed by atoms with E-state index >= 15 is 0 Å². The van der Waals surface area contributed by atoms with Crippen molar-refractivity contribution in [3.8, 4) is 0 Å². The quantitative estimate of drug-likeness (QED) is 0.502. The van der Waals surface area contributed by atoms with E-state index in [9.17, 15) is 17.6 Å². The number of thiocarbonyl (C=S) groups is 1. The summed E-state index contributed by atoms with van der Waals surface area (Å²) in [6.45, 7) is 3.47. The summed E-state index contributed by atoms with van der Waals surface area (Å²) < 4.78 is 41.1. The van der Waals surface area contributed by atoms with Gasteiger partial charge < -0.3 is 5.32 Å². The van der Waals surface area contributed by atoms with Crippen LogP contribution in [-0.2, 0) is 10.0 Å². The van der Waals surface area contributed by atoms with E-state index in [2.05, 4.69) is 25.3 Å². The molecule has 2 aromatic carbocycles. The first-order chi connectivity index (χ1) is 14.6. The molecule has 11 heteroatoms. The molecule has 8 nitrogen and oxygen atoms in total. The summed E-state index contributed by atoms with van der Waals surface area (Å²) in [7, 11) is -3.90. The molecule has 0 aliphatic rings. The Morgan fingerprint density at radius 2 is 1.61 bits per heavy atom. The molecule has 1 amide bonds. The van der Waals surface area contributed by atoms with Crippen molar-refractivity contribution in [1.29, 1.82) is 0 Å². The van der Waals surface area contributed by atoms with Crippen LogP contribution < -0.4 is 15.4 Å². The topological polar surface area (TPSA) is 113 Å². The lowest BCUT2D eigenvalue weighted by Gasteiger charge is -2.11. The van der Waals surface area contributed by atoms with Gasteiger partial charge in [-0.2, -0.15) is 0 Å². The zero-order chi connectivity index (χ0) is 22.6. The average molecular weight is 460 g/mol. The summed E-state index contributed by atoms with van der Waals surface area (Å²) in [5.41, 5.74) is 1.56. The van der Waals surface area contributed by atoms with Crippen molar-refractivity contribution in [2.24, 2.45) is 0 Å². The molecule has 0 bridgehead atoms. The van der Waals surface area contributed by atoms with Gasteiger partial charge in [-0.05, 0) is 68.5 Å². The number of carbonyl (C=O) groups is 1. The van der Waals surface area contributed by atoms with Crippen molar-refractivity contribution < 1.29 is 17.6 Å². The van der Waals surface area contributed by atoms with Crippen molar-refractivity contribution in [1.82, 2.24) is 15.3 Å². The van der Waals surface area contributed by atoms with E-state index in [0.717, 1.165) is 0 Å². The van der Waals surface area contributed by atoms with Crippen LogP contribution in [-0.4, -0.2) is 29.4 Å². The number of nitrogens with zero attached hydrogens (tertiary/aromatic N) is 2. The highest BCUT2D eigenvalue weighted by Crippen LogP contribution is 2.17. The number of carbonyl (C=O) groups excluding carboxylic acids is 1. The molecule has 0 radical (unpaired) electrons. The Balaban J connectivity index is 1.66. The van der Waals surface area contributed by atoms with Crippen LogP contribution in [0.3, 0.4) is 0 Å². The van der Waals surface area contributed by atoms with Gasteiger partial charge in [0.1, 0.15) is 5.82 Å². The second kappa shape index (κ2) is 9.14. The van der Waals surface area contributed by atoms with Gasteiger partial charge in [-0.1, -0.05) is 12.1 Å². The van der Waals surface area contributed by atoms with Crippen LogP contribution in [0.4, 0.5) is 16.0 Å². The molecular weight excluding hydrogens is 441 g/mol. The van der Waals surface area contributed by atoms with E-state index in [-0.39, 0.29) is 21.5 Å². The van der Waals surface area contributed by atoms with Crippen LogP contribution >= 0.6 is 12.2 Å². The van der Waals surface area contributed by atoms with Crippen molar-refractivity contribution in [2.45, 2.75) is 18.7 Å². The SMILES string of the molecule is Cc1cc(C)nc(NS(=O)(=O)c2ccc(NC(=S)NC(=O)c3ccccc3F)cc2)n1. The second-order valence-corrected chi connectivity index (χ2v) is 8.58. The van der Waals surface area contributed by atoms with Gasteiger partial charge >= 0.3 is 0 Å². The minimum Gasteiger partial charge on any atom is -0.332 e. The molecule has 0 spiro atoms. The van der Waals surface area contributed by atoms with Gasteiger partial charge in [-0.3, -0.25) is 10.1 Å². The summed E-state index contributed by atoms with van der Waals surface area (Å²) in [5.74, 6) is -1.39. The van der Waals surface area contributed by atoms with Crippen LogP contribution in [0.5, 0.6) is 0 Å². The van der Waals surface area contributed by atoms with E-state index in [1.54, 1.807) is 19.9 Å². The monoisotopic (exact) mass is 459 g/mol. The smallest absolute Gasteiger partial charge is 0.264 e. The Hall–Kier alpha value is -3.44. The second-order valence-electron chi connectivity index (χ2n) is 6.49. The molecule has 31 heavy (non-hydrogen) atoms. The third-order valence-electron chi connectivity index (χ3n) is 3.98. The summed E-state index contributed by atoms with van der Waals surface area (Å²) in [6.07, 6.45) is 0. The number of sulfonamides is 1. The molecule has 160 valence electrons. The Kier molecular flexibility index (Phi) is 6.56. The average Bonchev–Trinajstić information content (AvgIpc) is 2.67. The largest absolute Gasteiger partial charge is 0.332 e. The maximum atomic E-state index is 13.7. The maximum Gasteiger partial charge on any atom is 0.264 e. The lowest BCUT2D eigenvalue weighted by molar-refractivity contribution is 0.0974. The summed E-state index contributed by atoms with van der Waals surface area (Å²) >= 11 is 5.06. The van der Waals surface area contributed by atoms with Crippen molar-refractivity contribution >= 4 is 44.9 Å². The van der Waals surface area contributed by atoms with Crippen LogP contribution in [0.1, 0.15) is 21.7 Å². The first-order valence-corrected chi connectivity index (χ1v) is 10.9. The number of anilines is 2. The molecule has 3 aromatic rings. The molecule has 0 saturated heterocycles. The highest BCUT2D eigenvalue weighted by atomic mass is 32.2. The third-order valence-corrected chi connectivity index (χ3v) is 5.52. The number of aryl methyl sites for hydroxylation is 2. The van der Waals surface area contributed by atoms with Gasteiger partial charge in [0.05, 0.1) is 10.5 Å². The van der Waals surface area contributed by atoms with Crippen LogP contribution in [0.25, 0.3) is 0 Å². The zero-order valence-corrected chi connectivity index (χ0v) is 18.1. The van der Waals surface area contributed by atoms with Crippen molar-refractivity contribution in [2.75, 3.05) is 10.0 Å². The first kappa shape index (κ1) is 22.2. The molecule has 0 saturated carbocycles. The lowest BCUT2D eigenvalue weighted by Crippen LogP contribution is -2.34. The zero-order valence-electron chi connectivity index (χ0n) is 16.5. The molecular formula is C20H18FN5O3S2. The fraction of sp³-hybridized carbons (Fsp3) is 0.100. The molecule has 0 unspecified atom stereocenters. The van der Waals surface area contributed by atoms with Gasteiger partial charge in [0.15, 0.2) is 5.11 Å². The van der Waals surface area contributed by atoms with E-state index < -0.39 is 21.7 Å². The number of hydrogen-bond donors (Lipinski definition) is 3. The Morgan fingerprint density at radius 1 is 1.00 bits per heavy atom. The number of rotatable bonds is 5. The summed E-state index contributed by atoms with van der Waals surface area (Å²) in [4.78, 5) is 20.2. The van der Waals surface area contributed by atoms with E-state index in [0.29, 0.717) is 17.1 Å². The first-order valence-electron chi connectivity index (χ1n) is 8.96. The Morgan fingerprint density at radius 3 is 2.23 bits per heavy atom. The number of aromatic nitrogens is 2. The normalized spacial score (nSPS) is 10.9. The highest BCUT2D eigenvalue weighted by Gasteiger charge is 2.17. The number of benzene rings is 2. The van der Waals surface area contributed by atoms with E-state index in [1.807, 2.05) is 0 Å².